The van der Waals surface area contributed by atoms with E-state index in [-0.39, 0.29) is 46.6 Å². The molecule has 0 radical (unpaired) electrons. The Morgan fingerprint density at radius 3 is 2.20 bits per heavy atom. The van der Waals surface area contributed by atoms with Crippen molar-refractivity contribution in [2.24, 2.45) is 5.73 Å². The molecular formula is C33H34ClNO10. The largest absolute Gasteiger partial charge is 0.507 e. The lowest BCUT2D eigenvalue weighted by atomic mass is 9.72. The predicted molar refractivity (Wildman–Crippen MR) is 161 cm³/mol. The summed E-state index contributed by atoms with van der Waals surface area (Å²) in [5.74, 6) is -3.55. The van der Waals surface area contributed by atoms with Crippen LogP contribution >= 0.6 is 12.4 Å². The molecule has 6 atom stereocenters. The van der Waals surface area contributed by atoms with Gasteiger partial charge in [0.2, 0.25) is 0 Å². The molecule has 6 rings (SSSR count). The highest BCUT2D eigenvalue weighted by molar-refractivity contribution is 6.30. The number of carbonyl (C=O) groups is 3. The number of nitrogens with two attached hydrogens (primary N) is 1. The average Bonchev–Trinajstić information content (AvgIpc) is 3.01. The van der Waals surface area contributed by atoms with E-state index in [0.29, 0.717) is 6.61 Å². The number of hydrogen-bond donors (Lipinski definition) is 5. The van der Waals surface area contributed by atoms with Crippen LogP contribution in [0.2, 0.25) is 0 Å². The van der Waals surface area contributed by atoms with Gasteiger partial charge in [-0.3, -0.25) is 14.4 Å². The Bertz CT molecular complexity index is 1630. The van der Waals surface area contributed by atoms with Gasteiger partial charge in [0.05, 0.1) is 36.0 Å². The van der Waals surface area contributed by atoms with Crippen molar-refractivity contribution >= 4 is 29.8 Å². The SMILES string of the molecule is C[C@@H]1O[C@@H](O[C@H]2C[C@](O)(C(=O)CO)Cc3c(O)c4c(c(O)c32)C(=O)c2ccccc2C4=O)C[C@H](N)[C@@H]1OCc1ccccc1.Cl. The molecule has 2 aliphatic carbocycles. The van der Waals surface area contributed by atoms with E-state index in [0.717, 1.165) is 5.56 Å². The number of rotatable bonds is 7. The average molecular weight is 640 g/mol. The summed E-state index contributed by atoms with van der Waals surface area (Å²) in [5, 5.41) is 44.0. The second-order valence-corrected chi connectivity index (χ2v) is 11.6. The summed E-state index contributed by atoms with van der Waals surface area (Å²) in [6, 6.07) is 15.1. The first-order valence-electron chi connectivity index (χ1n) is 14.4. The van der Waals surface area contributed by atoms with Gasteiger partial charge in [0.1, 0.15) is 23.7 Å². The molecule has 45 heavy (non-hydrogen) atoms. The number of aliphatic hydroxyl groups excluding tert-OH is 1. The fourth-order valence-electron chi connectivity index (χ4n) is 6.53. The first-order valence-corrected chi connectivity index (χ1v) is 14.4. The summed E-state index contributed by atoms with van der Waals surface area (Å²) in [6.45, 7) is 1.09. The van der Waals surface area contributed by atoms with Gasteiger partial charge in [0.15, 0.2) is 23.6 Å². The highest BCUT2D eigenvalue weighted by atomic mass is 35.5. The molecule has 3 aliphatic rings. The minimum Gasteiger partial charge on any atom is -0.507 e. The Balaban J connectivity index is 0.00000400. The van der Waals surface area contributed by atoms with Crippen LogP contribution in [0.4, 0.5) is 0 Å². The first kappa shape index (κ1) is 32.7. The summed E-state index contributed by atoms with van der Waals surface area (Å²) in [7, 11) is 0. The highest BCUT2D eigenvalue weighted by Crippen LogP contribution is 2.52. The van der Waals surface area contributed by atoms with E-state index in [4.69, 9.17) is 19.9 Å². The number of phenolic OH excluding ortho intramolecular Hbond substituents is 2. The molecule has 238 valence electrons. The van der Waals surface area contributed by atoms with Crippen molar-refractivity contribution in [2.75, 3.05) is 6.61 Å². The van der Waals surface area contributed by atoms with Crippen molar-refractivity contribution in [3.63, 3.8) is 0 Å². The second kappa shape index (κ2) is 12.6. The molecule has 3 aromatic rings. The van der Waals surface area contributed by atoms with Gasteiger partial charge in [-0.05, 0) is 12.5 Å². The molecule has 0 aromatic heterocycles. The summed E-state index contributed by atoms with van der Waals surface area (Å²) in [5.41, 5.74) is 4.34. The molecule has 0 bridgehead atoms. The lowest BCUT2D eigenvalue weighted by Crippen LogP contribution is -2.54. The molecule has 12 heteroatoms. The van der Waals surface area contributed by atoms with Crippen LogP contribution in [0.1, 0.15) is 74.4 Å². The van der Waals surface area contributed by atoms with Crippen LogP contribution in [0.25, 0.3) is 0 Å². The molecule has 0 amide bonds. The summed E-state index contributed by atoms with van der Waals surface area (Å²) in [6.07, 6.45) is -4.11. The monoisotopic (exact) mass is 639 g/mol. The summed E-state index contributed by atoms with van der Waals surface area (Å²) >= 11 is 0. The number of ether oxygens (including phenoxy) is 3. The van der Waals surface area contributed by atoms with E-state index >= 15 is 0 Å². The smallest absolute Gasteiger partial charge is 0.198 e. The summed E-state index contributed by atoms with van der Waals surface area (Å²) in [4.78, 5) is 39.7. The Morgan fingerprint density at radius 2 is 1.60 bits per heavy atom. The molecule has 1 aliphatic heterocycles. The first-order chi connectivity index (χ1) is 21.0. The van der Waals surface area contributed by atoms with Gasteiger partial charge in [-0.1, -0.05) is 54.6 Å². The van der Waals surface area contributed by atoms with Crippen LogP contribution in [0.15, 0.2) is 54.6 Å². The van der Waals surface area contributed by atoms with Crippen LogP contribution < -0.4 is 5.73 Å². The number of Topliss-reactive ketones (excluding diaryl/α,β-unsaturated/α-hetero) is 1. The van der Waals surface area contributed by atoms with Crippen LogP contribution in [0, 0.1) is 0 Å². The third-order valence-corrected chi connectivity index (χ3v) is 8.75. The number of hydrogen-bond acceptors (Lipinski definition) is 11. The summed E-state index contributed by atoms with van der Waals surface area (Å²) < 4.78 is 18.4. The minimum absolute atomic E-state index is 0. The number of benzene rings is 3. The molecule has 1 fully saturated rings. The number of halogens is 1. The maximum absolute atomic E-state index is 13.5. The normalized spacial score (nSPS) is 27.2. The van der Waals surface area contributed by atoms with Crippen LogP contribution in [-0.2, 0) is 32.0 Å². The molecule has 3 aromatic carbocycles. The quantitative estimate of drug-likeness (QED) is 0.187. The third-order valence-electron chi connectivity index (χ3n) is 8.75. The second-order valence-electron chi connectivity index (χ2n) is 11.6. The molecule has 1 saturated heterocycles. The molecule has 1 heterocycles. The fraction of sp³-hybridized carbons (Fsp3) is 0.364. The lowest BCUT2D eigenvalue weighted by molar-refractivity contribution is -0.254. The van der Waals surface area contributed by atoms with Gasteiger partial charge >= 0.3 is 0 Å². The molecule has 0 unspecified atom stereocenters. The van der Waals surface area contributed by atoms with Crippen LogP contribution in [0.5, 0.6) is 11.5 Å². The van der Waals surface area contributed by atoms with Crippen molar-refractivity contribution in [3.05, 3.63) is 93.5 Å². The number of aliphatic hydroxyl groups is 2. The van der Waals surface area contributed by atoms with Gasteiger partial charge in [-0.15, -0.1) is 12.4 Å². The molecular weight excluding hydrogens is 606 g/mol. The standard InChI is InChI=1S/C33H33NO10.ClH/c1-16-32(42-15-17-7-3-2-4-8-17)21(34)11-24(43-16)44-22-13-33(41,23(36)14-35)12-20-25(22)31(40)27-26(30(20)39)28(37)18-9-5-6-10-19(18)29(27)38;/h2-10,16,21-22,24,32,35,39-41H,11-15,34H2,1H3;1H/t16-,21-,22-,24-,32+,33-;/m0./s1. The number of carbonyl (C=O) groups excluding carboxylic acids is 3. The molecule has 0 saturated carbocycles. The van der Waals surface area contributed by atoms with Crippen molar-refractivity contribution in [1.82, 2.24) is 0 Å². The van der Waals surface area contributed by atoms with E-state index < -0.39 is 90.1 Å². The van der Waals surface area contributed by atoms with E-state index in [1.807, 2.05) is 30.3 Å². The molecule has 11 nitrogen and oxygen atoms in total. The van der Waals surface area contributed by atoms with Crippen molar-refractivity contribution in [2.45, 2.75) is 69.0 Å². The topological polar surface area (TPSA) is 186 Å². The maximum atomic E-state index is 13.5. The predicted octanol–water partition coefficient (Wildman–Crippen LogP) is 2.64. The zero-order valence-corrected chi connectivity index (χ0v) is 25.2. The van der Waals surface area contributed by atoms with Gasteiger partial charge in [-0.2, -0.15) is 0 Å². The zero-order chi connectivity index (χ0) is 31.3. The van der Waals surface area contributed by atoms with Gasteiger partial charge in [0, 0.05) is 47.6 Å². The highest BCUT2D eigenvalue weighted by Gasteiger charge is 2.50. The number of fused-ring (bicyclic) bond motifs is 3. The van der Waals surface area contributed by atoms with Gasteiger partial charge < -0.3 is 40.4 Å². The van der Waals surface area contributed by atoms with Crippen molar-refractivity contribution in [1.29, 1.82) is 0 Å². The maximum Gasteiger partial charge on any atom is 0.198 e. The fourth-order valence-corrected chi connectivity index (χ4v) is 6.53. The van der Waals surface area contributed by atoms with Crippen LogP contribution in [-0.4, -0.2) is 74.5 Å². The van der Waals surface area contributed by atoms with Gasteiger partial charge in [0.25, 0.3) is 0 Å². The zero-order valence-electron chi connectivity index (χ0n) is 24.3. The lowest BCUT2D eigenvalue weighted by Gasteiger charge is -2.43. The number of aromatic hydroxyl groups is 2. The third kappa shape index (κ3) is 5.66. The molecule has 0 spiro atoms. The Kier molecular flexibility index (Phi) is 9.16. The Hall–Kier alpha value is -3.68. The van der Waals surface area contributed by atoms with Crippen molar-refractivity contribution < 1.29 is 49.0 Å². The van der Waals surface area contributed by atoms with Crippen molar-refractivity contribution in [3.8, 4) is 11.5 Å². The number of ketones is 3. The van der Waals surface area contributed by atoms with E-state index in [2.05, 4.69) is 0 Å². The van der Waals surface area contributed by atoms with E-state index in [9.17, 15) is 34.8 Å². The Labute approximate surface area is 264 Å². The minimum atomic E-state index is -2.21. The van der Waals surface area contributed by atoms with Gasteiger partial charge in [-0.25, -0.2) is 0 Å². The number of phenols is 2. The van der Waals surface area contributed by atoms with E-state index in [1.165, 1.54) is 12.1 Å². The Morgan fingerprint density at radius 1 is 1.00 bits per heavy atom. The molecule has 6 N–H and O–H groups in total. The van der Waals surface area contributed by atoms with E-state index in [1.54, 1.807) is 19.1 Å². The van der Waals surface area contributed by atoms with Crippen LogP contribution in [0.3, 0.4) is 0 Å².